The van der Waals surface area contributed by atoms with Crippen LogP contribution >= 0.6 is 11.8 Å². The predicted octanol–water partition coefficient (Wildman–Crippen LogP) is 3.27. The van der Waals surface area contributed by atoms with Crippen LogP contribution in [0.3, 0.4) is 0 Å². The molecule has 0 radical (unpaired) electrons. The Kier molecular flexibility index (Phi) is 4.39. The molecular formula is C16H16N4OS. The molecular weight excluding hydrogens is 296 g/mol. The fourth-order valence-electron chi connectivity index (χ4n) is 2.11. The van der Waals surface area contributed by atoms with Crippen molar-refractivity contribution in [2.45, 2.75) is 17.8 Å². The SMILES string of the molecule is COc1ccc(C)cc1-n1nnnc1SCc1ccccc1. The Bertz CT molecular complexity index is 758. The Morgan fingerprint density at radius 3 is 2.73 bits per heavy atom. The van der Waals surface area contributed by atoms with Gasteiger partial charge >= 0.3 is 0 Å². The summed E-state index contributed by atoms with van der Waals surface area (Å²) >= 11 is 1.60. The number of hydrogen-bond donors (Lipinski definition) is 0. The molecule has 6 heteroatoms. The highest BCUT2D eigenvalue weighted by Gasteiger charge is 2.13. The van der Waals surface area contributed by atoms with E-state index in [9.17, 15) is 0 Å². The molecule has 0 N–H and O–H groups in total. The second-order valence-electron chi connectivity index (χ2n) is 4.82. The maximum absolute atomic E-state index is 5.42. The Balaban J connectivity index is 1.88. The molecule has 0 unspecified atom stereocenters. The van der Waals surface area contributed by atoms with Crippen molar-refractivity contribution in [3.63, 3.8) is 0 Å². The van der Waals surface area contributed by atoms with Gasteiger partial charge in [0.25, 0.3) is 0 Å². The van der Waals surface area contributed by atoms with Gasteiger partial charge in [-0.25, -0.2) is 0 Å². The van der Waals surface area contributed by atoms with E-state index in [0.29, 0.717) is 0 Å². The van der Waals surface area contributed by atoms with Crippen LogP contribution in [-0.4, -0.2) is 27.3 Å². The summed E-state index contributed by atoms with van der Waals surface area (Å²) in [4.78, 5) is 0. The second kappa shape index (κ2) is 6.62. The van der Waals surface area contributed by atoms with Crippen LogP contribution in [0.4, 0.5) is 0 Å². The number of rotatable bonds is 5. The average molecular weight is 312 g/mol. The number of hydrogen-bond acceptors (Lipinski definition) is 5. The zero-order valence-corrected chi connectivity index (χ0v) is 13.2. The fraction of sp³-hybridized carbons (Fsp3) is 0.188. The van der Waals surface area contributed by atoms with Crippen molar-refractivity contribution in [2.24, 2.45) is 0 Å². The van der Waals surface area contributed by atoms with E-state index in [1.165, 1.54) is 5.56 Å². The van der Waals surface area contributed by atoms with Gasteiger partial charge in [-0.2, -0.15) is 4.68 Å². The molecule has 0 saturated carbocycles. The van der Waals surface area contributed by atoms with E-state index in [1.54, 1.807) is 23.6 Å². The minimum atomic E-state index is 0.743. The number of benzene rings is 2. The number of aryl methyl sites for hydroxylation is 1. The van der Waals surface area contributed by atoms with Crippen LogP contribution in [0.15, 0.2) is 53.7 Å². The highest BCUT2D eigenvalue weighted by Crippen LogP contribution is 2.28. The molecule has 2 aromatic carbocycles. The van der Waals surface area contributed by atoms with Crippen molar-refractivity contribution >= 4 is 11.8 Å². The first-order valence-corrected chi connectivity index (χ1v) is 7.86. The molecule has 0 aliphatic rings. The fourth-order valence-corrected chi connectivity index (χ4v) is 2.95. The van der Waals surface area contributed by atoms with Crippen molar-refractivity contribution in [3.05, 3.63) is 59.7 Å². The van der Waals surface area contributed by atoms with E-state index in [1.807, 2.05) is 43.3 Å². The van der Waals surface area contributed by atoms with E-state index in [2.05, 4.69) is 27.7 Å². The monoisotopic (exact) mass is 312 g/mol. The third-order valence-electron chi connectivity index (χ3n) is 3.21. The van der Waals surface area contributed by atoms with Gasteiger partial charge in [-0.05, 0) is 40.6 Å². The topological polar surface area (TPSA) is 52.8 Å². The molecule has 0 saturated heterocycles. The van der Waals surface area contributed by atoms with Gasteiger partial charge in [0.2, 0.25) is 5.16 Å². The van der Waals surface area contributed by atoms with Crippen molar-refractivity contribution in [3.8, 4) is 11.4 Å². The van der Waals surface area contributed by atoms with Crippen molar-refractivity contribution in [2.75, 3.05) is 7.11 Å². The molecule has 3 aromatic rings. The molecule has 0 aliphatic carbocycles. The van der Waals surface area contributed by atoms with E-state index in [0.717, 1.165) is 27.9 Å². The molecule has 5 nitrogen and oxygen atoms in total. The Hall–Kier alpha value is -2.34. The van der Waals surface area contributed by atoms with Crippen LogP contribution in [0, 0.1) is 6.92 Å². The summed E-state index contributed by atoms with van der Waals surface area (Å²) in [6, 6.07) is 16.2. The third kappa shape index (κ3) is 3.12. The van der Waals surface area contributed by atoms with Crippen LogP contribution in [0.25, 0.3) is 5.69 Å². The minimum absolute atomic E-state index is 0.743. The van der Waals surface area contributed by atoms with E-state index < -0.39 is 0 Å². The summed E-state index contributed by atoms with van der Waals surface area (Å²) in [6.45, 7) is 2.03. The first-order chi connectivity index (χ1) is 10.8. The van der Waals surface area contributed by atoms with Crippen molar-refractivity contribution < 1.29 is 4.74 Å². The third-order valence-corrected chi connectivity index (χ3v) is 4.20. The second-order valence-corrected chi connectivity index (χ2v) is 5.77. The number of methoxy groups -OCH3 is 1. The molecule has 0 aliphatic heterocycles. The van der Waals surface area contributed by atoms with Gasteiger partial charge in [0.15, 0.2) is 0 Å². The van der Waals surface area contributed by atoms with Gasteiger partial charge in [-0.15, -0.1) is 5.10 Å². The highest BCUT2D eigenvalue weighted by molar-refractivity contribution is 7.98. The molecule has 0 fully saturated rings. The van der Waals surface area contributed by atoms with Gasteiger partial charge < -0.3 is 4.74 Å². The quantitative estimate of drug-likeness (QED) is 0.677. The predicted molar refractivity (Wildman–Crippen MR) is 86.4 cm³/mol. The van der Waals surface area contributed by atoms with Gasteiger partial charge in [0.1, 0.15) is 11.4 Å². The minimum Gasteiger partial charge on any atom is -0.494 e. The van der Waals surface area contributed by atoms with Crippen molar-refractivity contribution in [1.29, 1.82) is 0 Å². The van der Waals surface area contributed by atoms with E-state index >= 15 is 0 Å². The lowest BCUT2D eigenvalue weighted by molar-refractivity contribution is 0.410. The average Bonchev–Trinajstić information content (AvgIpc) is 3.02. The summed E-state index contributed by atoms with van der Waals surface area (Å²) in [6.07, 6.45) is 0. The maximum Gasteiger partial charge on any atom is 0.214 e. The molecule has 1 heterocycles. The zero-order valence-electron chi connectivity index (χ0n) is 12.4. The highest BCUT2D eigenvalue weighted by atomic mass is 32.2. The first kappa shape index (κ1) is 14.6. The molecule has 22 heavy (non-hydrogen) atoms. The van der Waals surface area contributed by atoms with Crippen LogP contribution in [0.5, 0.6) is 5.75 Å². The molecule has 3 rings (SSSR count). The number of tetrazole rings is 1. The molecule has 0 bridgehead atoms. The smallest absolute Gasteiger partial charge is 0.214 e. The van der Waals surface area contributed by atoms with Gasteiger partial charge in [-0.3, -0.25) is 0 Å². The molecule has 1 aromatic heterocycles. The number of thioether (sulfide) groups is 1. The molecule has 0 atom stereocenters. The first-order valence-electron chi connectivity index (χ1n) is 6.88. The molecule has 0 spiro atoms. The molecule has 112 valence electrons. The standard InChI is InChI=1S/C16H16N4OS/c1-12-8-9-15(21-2)14(10-12)20-16(17-18-19-20)22-11-13-6-4-3-5-7-13/h3-10H,11H2,1-2H3. The van der Waals surface area contributed by atoms with E-state index in [4.69, 9.17) is 4.74 Å². The van der Waals surface area contributed by atoms with Gasteiger partial charge in [0, 0.05) is 5.75 Å². The van der Waals surface area contributed by atoms with Crippen LogP contribution in [0.1, 0.15) is 11.1 Å². The van der Waals surface area contributed by atoms with Gasteiger partial charge in [-0.1, -0.05) is 48.2 Å². The van der Waals surface area contributed by atoms with Crippen LogP contribution < -0.4 is 4.74 Å². The summed E-state index contributed by atoms with van der Waals surface area (Å²) in [5, 5.41) is 12.8. The van der Waals surface area contributed by atoms with Crippen molar-refractivity contribution in [1.82, 2.24) is 20.2 Å². The Morgan fingerprint density at radius 1 is 1.14 bits per heavy atom. The number of ether oxygens (including phenoxy) is 1. The normalized spacial score (nSPS) is 10.6. The summed E-state index contributed by atoms with van der Waals surface area (Å²) < 4.78 is 7.14. The summed E-state index contributed by atoms with van der Waals surface area (Å²) in [7, 11) is 1.65. The largest absolute Gasteiger partial charge is 0.494 e. The Labute approximate surface area is 133 Å². The van der Waals surface area contributed by atoms with Crippen LogP contribution in [0.2, 0.25) is 0 Å². The van der Waals surface area contributed by atoms with Crippen LogP contribution in [-0.2, 0) is 5.75 Å². The number of nitrogens with zero attached hydrogens (tertiary/aromatic N) is 4. The lowest BCUT2D eigenvalue weighted by Crippen LogP contribution is -2.02. The summed E-state index contributed by atoms with van der Waals surface area (Å²) in [5.41, 5.74) is 3.21. The summed E-state index contributed by atoms with van der Waals surface area (Å²) in [5.74, 6) is 1.56. The lowest BCUT2D eigenvalue weighted by Gasteiger charge is -2.10. The number of aromatic nitrogens is 4. The Morgan fingerprint density at radius 2 is 1.95 bits per heavy atom. The van der Waals surface area contributed by atoms with Gasteiger partial charge in [0.05, 0.1) is 7.11 Å². The lowest BCUT2D eigenvalue weighted by atomic mass is 10.2. The van der Waals surface area contributed by atoms with E-state index in [-0.39, 0.29) is 0 Å². The zero-order chi connectivity index (χ0) is 15.4. The maximum atomic E-state index is 5.42. The molecule has 0 amide bonds.